The van der Waals surface area contributed by atoms with Crippen molar-refractivity contribution in [2.45, 2.75) is 13.0 Å². The zero-order valence-corrected chi connectivity index (χ0v) is 12.9. The average molecular weight is 330 g/mol. The van der Waals surface area contributed by atoms with Gasteiger partial charge in [0, 0.05) is 12.1 Å². The number of hydrogen-bond acceptors (Lipinski definition) is 6. The number of rotatable bonds is 4. The highest BCUT2D eigenvalue weighted by Gasteiger charge is 2.18. The van der Waals surface area contributed by atoms with Crippen LogP contribution in [0.1, 0.15) is 6.92 Å². The minimum Gasteiger partial charge on any atom is -0.507 e. The molecule has 0 aliphatic carbocycles. The van der Waals surface area contributed by atoms with Crippen LogP contribution in [0.25, 0.3) is 21.9 Å². The highest BCUT2D eigenvalue weighted by Crippen LogP contribution is 2.33. The SMILES string of the molecule is COc1cccc2c(=O)c3c(O)cc(OC(C)C(=O)O)cc3oc12. The molecule has 0 saturated carbocycles. The first kappa shape index (κ1) is 15.7. The Balaban J connectivity index is 2.28. The largest absolute Gasteiger partial charge is 0.507 e. The normalized spacial score (nSPS) is 12.2. The number of phenols is 1. The van der Waals surface area contributed by atoms with Crippen molar-refractivity contribution in [1.82, 2.24) is 0 Å². The van der Waals surface area contributed by atoms with Crippen LogP contribution in [-0.4, -0.2) is 29.4 Å². The summed E-state index contributed by atoms with van der Waals surface area (Å²) in [6.07, 6.45) is -1.12. The summed E-state index contributed by atoms with van der Waals surface area (Å²) in [6.45, 7) is 1.35. The van der Waals surface area contributed by atoms with Crippen LogP contribution in [0.5, 0.6) is 17.2 Å². The lowest BCUT2D eigenvalue weighted by atomic mass is 10.1. The molecule has 0 amide bonds. The van der Waals surface area contributed by atoms with Gasteiger partial charge in [-0.1, -0.05) is 6.07 Å². The van der Waals surface area contributed by atoms with Gasteiger partial charge in [0.15, 0.2) is 17.4 Å². The number of aromatic hydroxyl groups is 1. The van der Waals surface area contributed by atoms with E-state index in [1.807, 2.05) is 0 Å². The quantitative estimate of drug-likeness (QED) is 0.708. The Hall–Kier alpha value is -3.22. The van der Waals surface area contributed by atoms with Gasteiger partial charge in [0.1, 0.15) is 22.5 Å². The second-order valence-corrected chi connectivity index (χ2v) is 5.18. The number of methoxy groups -OCH3 is 1. The van der Waals surface area contributed by atoms with E-state index in [0.29, 0.717) is 5.75 Å². The average Bonchev–Trinajstić information content (AvgIpc) is 2.53. The van der Waals surface area contributed by atoms with Crippen LogP contribution >= 0.6 is 0 Å². The summed E-state index contributed by atoms with van der Waals surface area (Å²) in [5.74, 6) is -1.06. The lowest BCUT2D eigenvalue weighted by molar-refractivity contribution is -0.144. The zero-order valence-electron chi connectivity index (χ0n) is 12.9. The molecule has 3 rings (SSSR count). The third-order valence-corrected chi connectivity index (χ3v) is 3.60. The molecule has 7 heteroatoms. The molecule has 0 saturated heterocycles. The maximum atomic E-state index is 12.6. The third-order valence-electron chi connectivity index (χ3n) is 3.60. The number of carboxylic acid groups (broad SMARTS) is 1. The van der Waals surface area contributed by atoms with Crippen LogP contribution in [0.2, 0.25) is 0 Å². The van der Waals surface area contributed by atoms with Gasteiger partial charge in [-0.3, -0.25) is 4.79 Å². The van der Waals surface area contributed by atoms with E-state index in [0.717, 1.165) is 0 Å². The van der Waals surface area contributed by atoms with Crippen molar-refractivity contribution in [2.24, 2.45) is 0 Å². The van der Waals surface area contributed by atoms with Gasteiger partial charge in [0.2, 0.25) is 5.43 Å². The van der Waals surface area contributed by atoms with Crippen LogP contribution in [0.3, 0.4) is 0 Å². The Morgan fingerprint density at radius 3 is 2.71 bits per heavy atom. The van der Waals surface area contributed by atoms with Gasteiger partial charge in [-0.25, -0.2) is 4.79 Å². The van der Waals surface area contributed by atoms with Crippen molar-refractivity contribution in [2.75, 3.05) is 7.11 Å². The number of aliphatic carboxylic acids is 1. The number of carboxylic acids is 1. The maximum Gasteiger partial charge on any atom is 0.344 e. The first-order valence-corrected chi connectivity index (χ1v) is 7.08. The van der Waals surface area contributed by atoms with E-state index in [4.69, 9.17) is 19.0 Å². The van der Waals surface area contributed by atoms with Gasteiger partial charge in [0.25, 0.3) is 0 Å². The van der Waals surface area contributed by atoms with Crippen LogP contribution in [0.15, 0.2) is 39.5 Å². The Morgan fingerprint density at radius 1 is 1.29 bits per heavy atom. The minimum atomic E-state index is -1.16. The number of hydrogen-bond donors (Lipinski definition) is 2. The van der Waals surface area contributed by atoms with Gasteiger partial charge in [-0.2, -0.15) is 0 Å². The number of phenolic OH excluding ortho intramolecular Hbond substituents is 1. The second-order valence-electron chi connectivity index (χ2n) is 5.18. The van der Waals surface area contributed by atoms with E-state index >= 15 is 0 Å². The molecule has 0 fully saturated rings. The number of para-hydroxylation sites is 1. The summed E-state index contributed by atoms with van der Waals surface area (Å²) in [5, 5.41) is 19.3. The molecule has 1 aromatic heterocycles. The van der Waals surface area contributed by atoms with E-state index in [1.165, 1.54) is 26.2 Å². The predicted molar refractivity (Wildman–Crippen MR) is 85.9 cm³/mol. The number of carbonyl (C=O) groups is 1. The second kappa shape index (κ2) is 5.77. The van der Waals surface area contributed by atoms with Crippen molar-refractivity contribution in [3.8, 4) is 17.2 Å². The van der Waals surface area contributed by atoms with Crippen molar-refractivity contribution in [1.29, 1.82) is 0 Å². The summed E-state index contributed by atoms with van der Waals surface area (Å²) in [5.41, 5.74) is -0.106. The summed E-state index contributed by atoms with van der Waals surface area (Å²) < 4.78 is 16.1. The van der Waals surface area contributed by atoms with Crippen molar-refractivity contribution < 1.29 is 28.9 Å². The number of fused-ring (bicyclic) bond motifs is 2. The fraction of sp³-hybridized carbons (Fsp3) is 0.176. The third kappa shape index (κ3) is 2.50. The topological polar surface area (TPSA) is 106 Å². The molecular weight excluding hydrogens is 316 g/mol. The maximum absolute atomic E-state index is 12.6. The highest BCUT2D eigenvalue weighted by atomic mass is 16.5. The van der Waals surface area contributed by atoms with Gasteiger partial charge in [0.05, 0.1) is 12.5 Å². The van der Waals surface area contributed by atoms with E-state index < -0.39 is 17.5 Å². The molecule has 1 unspecified atom stereocenters. The first-order valence-electron chi connectivity index (χ1n) is 7.08. The lowest BCUT2D eigenvalue weighted by Gasteiger charge is -2.12. The van der Waals surface area contributed by atoms with Crippen LogP contribution in [0.4, 0.5) is 0 Å². The predicted octanol–water partition coefficient (Wildman–Crippen LogP) is 2.51. The smallest absolute Gasteiger partial charge is 0.344 e. The lowest BCUT2D eigenvalue weighted by Crippen LogP contribution is -2.22. The standard InChI is InChI=1S/C17H14O7/c1-8(17(20)21)23-9-6-11(18)14-13(7-9)24-16-10(15(14)19)4-3-5-12(16)22-2/h3-8,18H,1-2H3,(H,20,21). The fourth-order valence-corrected chi connectivity index (χ4v) is 2.41. The molecule has 0 aliphatic heterocycles. The Kier molecular flexibility index (Phi) is 3.76. The molecule has 24 heavy (non-hydrogen) atoms. The van der Waals surface area contributed by atoms with Gasteiger partial charge in [-0.15, -0.1) is 0 Å². The summed E-state index contributed by atoms with van der Waals surface area (Å²) in [4.78, 5) is 23.5. The van der Waals surface area contributed by atoms with Gasteiger partial charge < -0.3 is 24.1 Å². The van der Waals surface area contributed by atoms with E-state index in [9.17, 15) is 14.7 Å². The number of benzene rings is 2. The van der Waals surface area contributed by atoms with Crippen LogP contribution < -0.4 is 14.9 Å². The van der Waals surface area contributed by atoms with E-state index in [1.54, 1.807) is 18.2 Å². The van der Waals surface area contributed by atoms with Crippen molar-refractivity contribution in [3.63, 3.8) is 0 Å². The molecule has 0 radical (unpaired) electrons. The molecular formula is C17H14O7. The number of ether oxygens (including phenoxy) is 2. The molecule has 3 aromatic rings. The fourth-order valence-electron chi connectivity index (χ4n) is 2.41. The van der Waals surface area contributed by atoms with Crippen molar-refractivity contribution in [3.05, 3.63) is 40.6 Å². The molecule has 124 valence electrons. The summed E-state index contributed by atoms with van der Waals surface area (Å²) >= 11 is 0. The first-order chi connectivity index (χ1) is 11.4. The van der Waals surface area contributed by atoms with Crippen molar-refractivity contribution >= 4 is 27.9 Å². The molecule has 1 atom stereocenters. The van der Waals surface area contributed by atoms with Crippen LogP contribution in [-0.2, 0) is 4.79 Å². The van der Waals surface area contributed by atoms with E-state index in [2.05, 4.69) is 0 Å². The molecule has 0 spiro atoms. The Bertz CT molecular complexity index is 1000. The molecule has 1 heterocycles. The summed E-state index contributed by atoms with van der Waals surface area (Å²) in [7, 11) is 1.45. The molecule has 2 N–H and O–H groups in total. The minimum absolute atomic E-state index is 0.00826. The van der Waals surface area contributed by atoms with Gasteiger partial charge in [-0.05, 0) is 19.1 Å². The molecule has 2 aromatic carbocycles. The summed E-state index contributed by atoms with van der Waals surface area (Å²) in [6, 6.07) is 7.41. The van der Waals surface area contributed by atoms with Gasteiger partial charge >= 0.3 is 5.97 Å². The van der Waals surface area contributed by atoms with E-state index in [-0.39, 0.29) is 33.4 Å². The Morgan fingerprint density at radius 2 is 2.04 bits per heavy atom. The monoisotopic (exact) mass is 330 g/mol. The van der Waals surface area contributed by atoms with Crippen LogP contribution in [0, 0.1) is 0 Å². The molecule has 0 aliphatic rings. The molecule has 7 nitrogen and oxygen atoms in total. The highest BCUT2D eigenvalue weighted by molar-refractivity contribution is 5.95. The zero-order chi connectivity index (χ0) is 17.4. The molecule has 0 bridgehead atoms. The Labute approximate surface area is 135 Å².